The third-order valence-electron chi connectivity index (χ3n) is 12.4. The smallest absolute Gasteiger partial charge is 0.306 e. The maximum Gasteiger partial charge on any atom is 0.306 e. The van der Waals surface area contributed by atoms with E-state index in [1.54, 1.807) is 14.0 Å². The van der Waals surface area contributed by atoms with Gasteiger partial charge in [0, 0.05) is 50.3 Å². The molecule has 14 heteroatoms. The molecule has 3 fully saturated rings. The number of amides is 2. The highest BCUT2D eigenvalue weighted by molar-refractivity contribution is 6.31. The van der Waals surface area contributed by atoms with E-state index in [4.69, 9.17) is 31.1 Å². The van der Waals surface area contributed by atoms with E-state index >= 15 is 0 Å². The van der Waals surface area contributed by atoms with Gasteiger partial charge in [-0.1, -0.05) is 60.1 Å². The van der Waals surface area contributed by atoms with E-state index in [0.717, 1.165) is 83.6 Å². The lowest BCUT2D eigenvalue weighted by Crippen LogP contribution is -2.43. The van der Waals surface area contributed by atoms with Crippen LogP contribution in [0.25, 0.3) is 28.0 Å². The second-order valence-corrected chi connectivity index (χ2v) is 15.9. The van der Waals surface area contributed by atoms with Crippen LogP contribution in [0.3, 0.4) is 0 Å². The van der Waals surface area contributed by atoms with E-state index in [0.29, 0.717) is 24.2 Å². The van der Waals surface area contributed by atoms with Crippen LogP contribution in [0.1, 0.15) is 69.3 Å². The Kier molecular flexibility index (Phi) is 11.2. The molecule has 2 amide bonds. The Hall–Kier alpha value is -5.40. The summed E-state index contributed by atoms with van der Waals surface area (Å²) >= 11 is 6.13. The zero-order valence-corrected chi connectivity index (χ0v) is 33.0. The Balaban J connectivity index is 0.889. The molecule has 1 saturated heterocycles. The number of fused-ring (bicyclic) bond motifs is 2. The topological polar surface area (TPSA) is 164 Å². The SMILES string of the molecule is COC(=O)C[C@H](C(=O)N1CCC[C@H]1c1ncc(-c2ccc(-c3ccc(C4=CN=C([C@H]5C6CCC(C6)[C@@H]5C(=O)NNc5nccnc5Cl)C4)cc3)cc2)[nH]1)[C@@H](C)OC. The number of likely N-dealkylation sites (tertiary alicyclic amines) is 1. The van der Waals surface area contributed by atoms with Gasteiger partial charge in [0.25, 0.3) is 0 Å². The number of ether oxygens (including phenoxy) is 2. The summed E-state index contributed by atoms with van der Waals surface area (Å²) in [5, 5.41) is 0.202. The number of methoxy groups -OCH3 is 2. The Morgan fingerprint density at radius 2 is 1.63 bits per heavy atom. The van der Waals surface area contributed by atoms with Crippen LogP contribution in [0.15, 0.2) is 78.3 Å². The number of aromatic nitrogens is 4. The predicted molar refractivity (Wildman–Crippen MR) is 216 cm³/mol. The number of hydrazine groups is 1. The molecular formula is C43H47ClN8O5. The lowest BCUT2D eigenvalue weighted by Gasteiger charge is -2.30. The number of nitrogens with zero attached hydrogens (tertiary/aromatic N) is 5. The molecule has 2 aromatic carbocycles. The average Bonchev–Trinajstić information content (AvgIpc) is 4.10. The summed E-state index contributed by atoms with van der Waals surface area (Å²) in [7, 11) is 2.87. The van der Waals surface area contributed by atoms with Gasteiger partial charge in [-0.05, 0) is 78.7 Å². The predicted octanol–water partition coefficient (Wildman–Crippen LogP) is 7.06. The molecule has 13 nitrogen and oxygen atoms in total. The van der Waals surface area contributed by atoms with Crippen molar-refractivity contribution in [1.82, 2.24) is 30.3 Å². The van der Waals surface area contributed by atoms with Crippen LogP contribution in [0.4, 0.5) is 5.82 Å². The van der Waals surface area contributed by atoms with Gasteiger partial charge in [0.1, 0.15) is 5.82 Å². The summed E-state index contributed by atoms with van der Waals surface area (Å²) < 4.78 is 10.3. The fraction of sp³-hybridized carbons (Fsp3) is 0.419. The third kappa shape index (κ3) is 7.82. The fourth-order valence-corrected chi connectivity index (χ4v) is 9.52. The van der Waals surface area contributed by atoms with Crippen molar-refractivity contribution in [2.75, 3.05) is 26.2 Å². The van der Waals surface area contributed by atoms with Gasteiger partial charge in [0.2, 0.25) is 11.8 Å². The van der Waals surface area contributed by atoms with Crippen molar-refractivity contribution < 1.29 is 23.9 Å². The van der Waals surface area contributed by atoms with Gasteiger partial charge in [0.05, 0.1) is 49.4 Å². The highest BCUT2D eigenvalue weighted by Gasteiger charge is 2.53. The number of H-pyrrole nitrogens is 1. The molecule has 3 N–H and O–H groups in total. The van der Waals surface area contributed by atoms with E-state index in [9.17, 15) is 14.4 Å². The number of esters is 1. The molecule has 0 spiro atoms. The van der Waals surface area contributed by atoms with Crippen LogP contribution in [-0.2, 0) is 23.9 Å². The van der Waals surface area contributed by atoms with Crippen LogP contribution >= 0.6 is 11.6 Å². The van der Waals surface area contributed by atoms with Crippen molar-refractivity contribution >= 4 is 46.5 Å². The maximum absolute atomic E-state index is 13.7. The number of imidazole rings is 1. The molecular weight excluding hydrogens is 744 g/mol. The van der Waals surface area contributed by atoms with E-state index in [-0.39, 0.29) is 41.3 Å². The highest BCUT2D eigenvalue weighted by Crippen LogP contribution is 2.54. The Labute approximate surface area is 336 Å². The van der Waals surface area contributed by atoms with Crippen LogP contribution < -0.4 is 10.9 Å². The summed E-state index contributed by atoms with van der Waals surface area (Å²) in [6.07, 6.45) is 11.9. The summed E-state index contributed by atoms with van der Waals surface area (Å²) in [6.45, 7) is 2.39. The van der Waals surface area contributed by atoms with Crippen LogP contribution in [0.5, 0.6) is 0 Å². The number of rotatable bonds is 13. The molecule has 296 valence electrons. The third-order valence-corrected chi connectivity index (χ3v) is 12.7. The highest BCUT2D eigenvalue weighted by atomic mass is 35.5. The largest absolute Gasteiger partial charge is 0.469 e. The van der Waals surface area contributed by atoms with Gasteiger partial charge in [-0.2, -0.15) is 0 Å². The van der Waals surface area contributed by atoms with Gasteiger partial charge >= 0.3 is 5.97 Å². The molecule has 4 aromatic rings. The molecule has 57 heavy (non-hydrogen) atoms. The molecule has 4 heterocycles. The number of anilines is 1. The van der Waals surface area contributed by atoms with Crippen molar-refractivity contribution in [3.63, 3.8) is 0 Å². The molecule has 0 radical (unpaired) electrons. The second kappa shape index (κ2) is 16.6. The number of benzene rings is 2. The van der Waals surface area contributed by atoms with Gasteiger partial charge in [0.15, 0.2) is 11.0 Å². The molecule has 2 aromatic heterocycles. The first-order valence-electron chi connectivity index (χ1n) is 19.7. The van der Waals surface area contributed by atoms with Crippen LogP contribution in [-0.4, -0.2) is 75.2 Å². The molecule has 2 unspecified atom stereocenters. The maximum atomic E-state index is 13.7. The first-order chi connectivity index (χ1) is 27.7. The first kappa shape index (κ1) is 38.5. The van der Waals surface area contributed by atoms with Crippen LogP contribution in [0, 0.1) is 29.6 Å². The molecule has 2 bridgehead atoms. The average molecular weight is 791 g/mol. The molecule has 2 aliphatic carbocycles. The van der Waals surface area contributed by atoms with E-state index in [2.05, 4.69) is 74.3 Å². The van der Waals surface area contributed by atoms with Gasteiger partial charge in [-0.25, -0.2) is 15.0 Å². The molecule has 7 atom stereocenters. The first-order valence-corrected chi connectivity index (χ1v) is 20.0. The molecule has 8 rings (SSSR count). The van der Waals surface area contributed by atoms with E-state index in [1.165, 1.54) is 19.5 Å². The van der Waals surface area contributed by atoms with Gasteiger partial charge < -0.3 is 19.4 Å². The normalized spacial score (nSPS) is 23.5. The summed E-state index contributed by atoms with van der Waals surface area (Å²) in [5.74, 6) is 0.542. The van der Waals surface area contributed by atoms with Gasteiger partial charge in [-0.3, -0.25) is 30.2 Å². The lowest BCUT2D eigenvalue weighted by molar-refractivity contribution is -0.151. The lowest BCUT2D eigenvalue weighted by atomic mass is 9.75. The monoisotopic (exact) mass is 790 g/mol. The summed E-state index contributed by atoms with van der Waals surface area (Å²) in [4.78, 5) is 62.4. The fourth-order valence-electron chi connectivity index (χ4n) is 9.37. The number of carbonyl (C=O) groups is 3. The van der Waals surface area contributed by atoms with Crippen molar-refractivity contribution in [1.29, 1.82) is 0 Å². The minimum absolute atomic E-state index is 0.0372. The van der Waals surface area contributed by atoms with Crippen LogP contribution in [0.2, 0.25) is 5.15 Å². The number of aliphatic imine (C=N–C) groups is 1. The summed E-state index contributed by atoms with van der Waals surface area (Å²) in [5.41, 5.74) is 13.1. The standard InChI is InChI=1S/C43H47ClN8O5/c1-24(56-2)32(21-36(53)57-3)43(55)52-18-4-5-35(52)40-48-23-34(49-40)28-12-10-26(11-13-28)25-6-8-27(9-7-25)31-20-33(47-22-31)37-29-14-15-30(19-29)38(37)42(54)51-50-41-39(44)45-16-17-46-41/h6-13,16-17,22-24,29-30,32,35,37-38H,4-5,14-15,18-21H2,1-3H3,(H,46,50)(H,48,49)(H,51,54)/t24-,29?,30?,32+,35+,37-,38+/m1/s1. The van der Waals surface area contributed by atoms with E-state index in [1.807, 2.05) is 17.3 Å². The Bertz CT molecular complexity index is 2190. The van der Waals surface area contributed by atoms with Crippen molar-refractivity contribution in [3.05, 3.63) is 89.9 Å². The van der Waals surface area contributed by atoms with E-state index < -0.39 is 18.0 Å². The minimum atomic E-state index is -0.638. The van der Waals surface area contributed by atoms with Gasteiger partial charge in [-0.15, -0.1) is 0 Å². The molecule has 2 saturated carbocycles. The number of aromatic amines is 1. The minimum Gasteiger partial charge on any atom is -0.469 e. The number of hydrogen-bond donors (Lipinski definition) is 3. The molecule has 2 aliphatic heterocycles. The zero-order valence-electron chi connectivity index (χ0n) is 32.3. The number of allylic oxidation sites excluding steroid dienone is 1. The second-order valence-electron chi connectivity index (χ2n) is 15.5. The number of hydrogen-bond acceptors (Lipinski definition) is 10. The number of carbonyl (C=O) groups excluding carboxylic acids is 3. The molecule has 4 aliphatic rings. The van der Waals surface area contributed by atoms with Crippen molar-refractivity contribution in [2.24, 2.45) is 34.6 Å². The zero-order chi connectivity index (χ0) is 39.6. The number of nitrogens with one attached hydrogen (secondary N) is 3. The summed E-state index contributed by atoms with van der Waals surface area (Å²) in [6, 6.07) is 16.7. The van der Waals surface area contributed by atoms with Crippen molar-refractivity contribution in [2.45, 2.75) is 64.0 Å². The van der Waals surface area contributed by atoms with Crippen molar-refractivity contribution in [3.8, 4) is 22.4 Å². The Morgan fingerprint density at radius 3 is 2.35 bits per heavy atom. The number of halogens is 1. The quantitative estimate of drug-likeness (QED) is 0.0951. The Morgan fingerprint density at radius 1 is 0.930 bits per heavy atom.